The lowest BCUT2D eigenvalue weighted by atomic mass is 9.54. The molecular formula is C15H21NO. The summed E-state index contributed by atoms with van der Waals surface area (Å²) in [5.74, 6) is 0. The summed E-state index contributed by atoms with van der Waals surface area (Å²) >= 11 is 0. The Balaban J connectivity index is 1.95. The largest absolute Gasteiger partial charge is 0.380 e. The maximum Gasteiger partial charge on any atom is 0.0759 e. The first kappa shape index (κ1) is 11.2. The van der Waals surface area contributed by atoms with Crippen molar-refractivity contribution in [2.45, 2.75) is 49.2 Å². The number of nitrogens with two attached hydrogens (primary N) is 1. The van der Waals surface area contributed by atoms with E-state index in [4.69, 9.17) is 10.5 Å². The van der Waals surface area contributed by atoms with Gasteiger partial charge < -0.3 is 10.5 Å². The molecule has 2 nitrogen and oxygen atoms in total. The van der Waals surface area contributed by atoms with Gasteiger partial charge in [-0.05, 0) is 43.1 Å². The minimum atomic E-state index is -0.0642. The summed E-state index contributed by atoms with van der Waals surface area (Å²) in [4.78, 5) is 0. The Labute approximate surface area is 103 Å². The normalized spacial score (nSPS) is 40.5. The van der Waals surface area contributed by atoms with Crippen LogP contribution in [-0.4, -0.2) is 18.8 Å². The highest BCUT2D eigenvalue weighted by molar-refractivity contribution is 5.30. The summed E-state index contributed by atoms with van der Waals surface area (Å²) in [5, 5.41) is 0. The van der Waals surface area contributed by atoms with Gasteiger partial charge in [0.25, 0.3) is 0 Å². The Bertz CT molecular complexity index is 393. The van der Waals surface area contributed by atoms with Gasteiger partial charge in [0.1, 0.15) is 0 Å². The summed E-state index contributed by atoms with van der Waals surface area (Å²) in [6.45, 7) is 0. The maximum absolute atomic E-state index is 6.46. The average molecular weight is 231 g/mol. The molecule has 0 heterocycles. The highest BCUT2D eigenvalue weighted by Gasteiger charge is 2.53. The molecule has 3 saturated carbocycles. The first-order valence-corrected chi connectivity index (χ1v) is 6.56. The fourth-order valence-electron chi connectivity index (χ4n) is 3.79. The number of methoxy groups -OCH3 is 1. The van der Waals surface area contributed by atoms with Gasteiger partial charge in [0.05, 0.1) is 6.10 Å². The molecule has 2 heteroatoms. The van der Waals surface area contributed by atoms with Crippen molar-refractivity contribution in [2.24, 2.45) is 5.73 Å². The van der Waals surface area contributed by atoms with E-state index in [0.717, 1.165) is 19.3 Å². The molecule has 17 heavy (non-hydrogen) atoms. The summed E-state index contributed by atoms with van der Waals surface area (Å²) in [6, 6.07) is 10.9. The molecule has 1 aromatic carbocycles. The number of rotatable bonds is 2. The van der Waals surface area contributed by atoms with Crippen LogP contribution in [0.2, 0.25) is 0 Å². The van der Waals surface area contributed by atoms with Crippen LogP contribution in [0.4, 0.5) is 0 Å². The Morgan fingerprint density at radius 2 is 1.76 bits per heavy atom. The molecule has 0 aliphatic heterocycles. The number of benzene rings is 1. The van der Waals surface area contributed by atoms with Gasteiger partial charge in [-0.15, -0.1) is 0 Å². The van der Waals surface area contributed by atoms with Crippen molar-refractivity contribution in [3.8, 4) is 0 Å². The zero-order chi connectivity index (χ0) is 11.9. The molecular weight excluding hydrogens is 210 g/mol. The minimum Gasteiger partial charge on any atom is -0.380 e. The zero-order valence-corrected chi connectivity index (χ0v) is 10.5. The molecule has 3 aliphatic rings. The Hall–Kier alpha value is -0.860. The topological polar surface area (TPSA) is 35.2 Å². The third-order valence-corrected chi connectivity index (χ3v) is 5.03. The van der Waals surface area contributed by atoms with E-state index in [2.05, 4.69) is 30.3 Å². The fraction of sp³-hybridized carbons (Fsp3) is 0.600. The van der Waals surface area contributed by atoms with Gasteiger partial charge >= 0.3 is 0 Å². The van der Waals surface area contributed by atoms with E-state index in [1.54, 1.807) is 7.11 Å². The van der Waals surface area contributed by atoms with E-state index in [1.807, 2.05) is 0 Å². The highest BCUT2D eigenvalue weighted by atomic mass is 16.5. The lowest BCUT2D eigenvalue weighted by molar-refractivity contribution is -0.0597. The molecule has 92 valence electrons. The van der Waals surface area contributed by atoms with Crippen molar-refractivity contribution < 1.29 is 4.74 Å². The van der Waals surface area contributed by atoms with E-state index < -0.39 is 0 Å². The standard InChI is InChI=1S/C15H21NO/c1-17-13-11-14(12-5-3-2-4-6-12)7-9-15(13,16)10-8-14/h2-6,13H,7-11,16H2,1H3. The second-order valence-electron chi connectivity index (χ2n) is 5.81. The van der Waals surface area contributed by atoms with Crippen LogP contribution in [0.25, 0.3) is 0 Å². The van der Waals surface area contributed by atoms with Crippen LogP contribution in [0.3, 0.4) is 0 Å². The number of hydrogen-bond acceptors (Lipinski definition) is 2. The van der Waals surface area contributed by atoms with Crippen LogP contribution in [0, 0.1) is 0 Å². The van der Waals surface area contributed by atoms with E-state index in [9.17, 15) is 0 Å². The zero-order valence-electron chi connectivity index (χ0n) is 10.5. The molecule has 0 saturated heterocycles. The molecule has 1 atom stereocenters. The summed E-state index contributed by atoms with van der Waals surface area (Å²) in [7, 11) is 1.80. The molecule has 0 amide bonds. The molecule has 1 aromatic rings. The Kier molecular flexibility index (Phi) is 2.53. The van der Waals surface area contributed by atoms with Crippen LogP contribution in [-0.2, 0) is 10.2 Å². The summed E-state index contributed by atoms with van der Waals surface area (Å²) < 4.78 is 5.65. The van der Waals surface area contributed by atoms with Crippen LogP contribution in [0.1, 0.15) is 37.7 Å². The first-order chi connectivity index (χ1) is 8.19. The molecule has 0 aromatic heterocycles. The van der Waals surface area contributed by atoms with Gasteiger partial charge in [0, 0.05) is 12.6 Å². The molecule has 2 N–H and O–H groups in total. The van der Waals surface area contributed by atoms with Gasteiger partial charge in [-0.25, -0.2) is 0 Å². The van der Waals surface area contributed by atoms with Crippen LogP contribution in [0.15, 0.2) is 30.3 Å². The third-order valence-electron chi connectivity index (χ3n) is 5.03. The lowest BCUT2D eigenvalue weighted by Crippen LogP contribution is -2.63. The first-order valence-electron chi connectivity index (χ1n) is 6.56. The number of hydrogen-bond donors (Lipinski definition) is 1. The minimum absolute atomic E-state index is 0.0642. The molecule has 0 radical (unpaired) electrons. The number of ether oxygens (including phenoxy) is 1. The Morgan fingerprint density at radius 3 is 2.35 bits per heavy atom. The van der Waals surface area contributed by atoms with Gasteiger partial charge in [-0.2, -0.15) is 0 Å². The van der Waals surface area contributed by atoms with E-state index in [0.29, 0.717) is 5.41 Å². The lowest BCUT2D eigenvalue weighted by Gasteiger charge is -2.56. The second-order valence-corrected chi connectivity index (χ2v) is 5.81. The van der Waals surface area contributed by atoms with Crippen LogP contribution < -0.4 is 5.73 Å². The van der Waals surface area contributed by atoms with Crippen molar-refractivity contribution in [2.75, 3.05) is 7.11 Å². The van der Waals surface area contributed by atoms with Crippen molar-refractivity contribution >= 4 is 0 Å². The quantitative estimate of drug-likeness (QED) is 0.849. The molecule has 2 bridgehead atoms. The van der Waals surface area contributed by atoms with Gasteiger partial charge in [0.2, 0.25) is 0 Å². The average Bonchev–Trinajstić information content (AvgIpc) is 2.40. The fourth-order valence-corrected chi connectivity index (χ4v) is 3.79. The predicted molar refractivity (Wildman–Crippen MR) is 68.9 cm³/mol. The van der Waals surface area contributed by atoms with Gasteiger partial charge in [0.15, 0.2) is 0 Å². The molecule has 1 unspecified atom stereocenters. The summed E-state index contributed by atoms with van der Waals surface area (Å²) in [6.07, 6.45) is 5.94. The van der Waals surface area contributed by atoms with Crippen molar-refractivity contribution in [1.82, 2.24) is 0 Å². The third kappa shape index (κ3) is 1.62. The van der Waals surface area contributed by atoms with Crippen LogP contribution in [0.5, 0.6) is 0 Å². The molecule has 0 spiro atoms. The Morgan fingerprint density at radius 1 is 1.12 bits per heavy atom. The van der Waals surface area contributed by atoms with Crippen molar-refractivity contribution in [1.29, 1.82) is 0 Å². The van der Waals surface area contributed by atoms with Crippen molar-refractivity contribution in [3.63, 3.8) is 0 Å². The summed E-state index contributed by atoms with van der Waals surface area (Å²) in [5.41, 5.74) is 8.20. The number of fused-ring (bicyclic) bond motifs is 3. The molecule has 3 aliphatic carbocycles. The van der Waals surface area contributed by atoms with Gasteiger partial charge in [-0.1, -0.05) is 30.3 Å². The van der Waals surface area contributed by atoms with E-state index in [1.165, 1.54) is 18.4 Å². The monoisotopic (exact) mass is 231 g/mol. The maximum atomic E-state index is 6.46. The highest BCUT2D eigenvalue weighted by Crippen LogP contribution is 2.53. The predicted octanol–water partition coefficient (Wildman–Crippen LogP) is 2.61. The van der Waals surface area contributed by atoms with Crippen molar-refractivity contribution in [3.05, 3.63) is 35.9 Å². The SMILES string of the molecule is COC1CC2(c3ccccc3)CCC1(N)CC2. The molecule has 3 fully saturated rings. The van der Waals surface area contributed by atoms with E-state index in [-0.39, 0.29) is 11.6 Å². The van der Waals surface area contributed by atoms with Gasteiger partial charge in [-0.3, -0.25) is 0 Å². The second kappa shape index (κ2) is 3.82. The van der Waals surface area contributed by atoms with Crippen LogP contribution >= 0.6 is 0 Å². The molecule has 4 rings (SSSR count). The van der Waals surface area contributed by atoms with E-state index >= 15 is 0 Å². The smallest absolute Gasteiger partial charge is 0.0759 e.